The van der Waals surface area contributed by atoms with Crippen LogP contribution in [0.5, 0.6) is 0 Å². The molecule has 0 saturated heterocycles. The van der Waals surface area contributed by atoms with Crippen molar-refractivity contribution in [3.8, 4) is 16.9 Å². The van der Waals surface area contributed by atoms with E-state index in [2.05, 4.69) is 15.2 Å². The molecule has 0 aliphatic carbocycles. The normalized spacial score (nSPS) is 10.4. The number of aromatic nitrogens is 2. The molecule has 1 N–H and O–H groups in total. The minimum absolute atomic E-state index is 0.103. The monoisotopic (exact) mass is 383 g/mol. The van der Waals surface area contributed by atoms with Crippen molar-refractivity contribution >= 4 is 23.5 Å². The first kappa shape index (κ1) is 18.7. The number of hydrogen-bond acceptors (Lipinski definition) is 4. The van der Waals surface area contributed by atoms with E-state index in [0.717, 1.165) is 11.3 Å². The molecule has 6 nitrogen and oxygen atoms in total. The largest absolute Gasteiger partial charge is 0.469 e. The fourth-order valence-electron chi connectivity index (χ4n) is 2.54. The fourth-order valence-corrected chi connectivity index (χ4v) is 2.67. The minimum atomic E-state index is -0.381. The summed E-state index contributed by atoms with van der Waals surface area (Å²) in [5.74, 6) is -0.704. The van der Waals surface area contributed by atoms with Crippen LogP contribution in [0.1, 0.15) is 16.9 Å². The van der Waals surface area contributed by atoms with Gasteiger partial charge in [-0.05, 0) is 30.3 Å². The summed E-state index contributed by atoms with van der Waals surface area (Å²) in [5, 5.41) is 7.94. The van der Waals surface area contributed by atoms with Gasteiger partial charge in [0.1, 0.15) is 5.69 Å². The van der Waals surface area contributed by atoms with E-state index in [0.29, 0.717) is 16.4 Å². The molecule has 1 amide bonds. The average molecular weight is 384 g/mol. The molecule has 0 atom stereocenters. The molecular weight excluding hydrogens is 366 g/mol. The van der Waals surface area contributed by atoms with Crippen LogP contribution in [0.4, 0.5) is 0 Å². The quantitative estimate of drug-likeness (QED) is 0.661. The van der Waals surface area contributed by atoms with Gasteiger partial charge in [0.2, 0.25) is 0 Å². The maximum absolute atomic E-state index is 12.7. The second-order valence-electron chi connectivity index (χ2n) is 5.75. The third kappa shape index (κ3) is 4.54. The molecule has 1 heterocycles. The summed E-state index contributed by atoms with van der Waals surface area (Å²) >= 11 is 5.95. The molecule has 2 aromatic carbocycles. The second kappa shape index (κ2) is 8.51. The van der Waals surface area contributed by atoms with Crippen molar-refractivity contribution in [3.05, 3.63) is 71.4 Å². The van der Waals surface area contributed by atoms with E-state index >= 15 is 0 Å². The van der Waals surface area contributed by atoms with Crippen molar-refractivity contribution in [2.75, 3.05) is 13.7 Å². The van der Waals surface area contributed by atoms with Gasteiger partial charge in [-0.1, -0.05) is 41.9 Å². The number of esters is 1. The van der Waals surface area contributed by atoms with Crippen molar-refractivity contribution in [1.82, 2.24) is 15.1 Å². The van der Waals surface area contributed by atoms with E-state index in [4.69, 9.17) is 11.6 Å². The number of nitrogens with zero attached hydrogens (tertiary/aromatic N) is 2. The van der Waals surface area contributed by atoms with Crippen molar-refractivity contribution in [3.63, 3.8) is 0 Å². The van der Waals surface area contributed by atoms with E-state index < -0.39 is 0 Å². The molecule has 138 valence electrons. The highest BCUT2D eigenvalue weighted by molar-refractivity contribution is 6.30. The molecule has 3 aromatic rings. The van der Waals surface area contributed by atoms with Gasteiger partial charge in [0.05, 0.1) is 24.9 Å². The number of rotatable bonds is 6. The molecule has 0 aliphatic heterocycles. The number of amides is 1. The van der Waals surface area contributed by atoms with Crippen LogP contribution in [-0.4, -0.2) is 35.3 Å². The Morgan fingerprint density at radius 2 is 1.81 bits per heavy atom. The van der Waals surface area contributed by atoms with Gasteiger partial charge in [0.15, 0.2) is 0 Å². The second-order valence-corrected chi connectivity index (χ2v) is 6.19. The molecule has 0 fully saturated rings. The first-order valence-corrected chi connectivity index (χ1v) is 8.72. The molecule has 0 unspecified atom stereocenters. The van der Waals surface area contributed by atoms with Crippen LogP contribution in [0, 0.1) is 0 Å². The number of methoxy groups -OCH3 is 1. The molecule has 3 rings (SSSR count). The molecule has 27 heavy (non-hydrogen) atoms. The van der Waals surface area contributed by atoms with Crippen LogP contribution in [0.3, 0.4) is 0 Å². The van der Waals surface area contributed by atoms with E-state index in [1.165, 1.54) is 7.11 Å². The third-order valence-corrected chi connectivity index (χ3v) is 4.18. The highest BCUT2D eigenvalue weighted by Crippen LogP contribution is 2.23. The summed E-state index contributed by atoms with van der Waals surface area (Å²) in [5.41, 5.74) is 2.62. The van der Waals surface area contributed by atoms with Gasteiger partial charge in [0.25, 0.3) is 5.91 Å². The van der Waals surface area contributed by atoms with Gasteiger partial charge in [-0.25, -0.2) is 4.68 Å². The Kier molecular flexibility index (Phi) is 5.88. The molecule has 0 spiro atoms. The number of halogens is 1. The van der Waals surface area contributed by atoms with E-state index in [1.54, 1.807) is 22.9 Å². The van der Waals surface area contributed by atoms with E-state index in [9.17, 15) is 9.59 Å². The zero-order chi connectivity index (χ0) is 19.2. The number of benzene rings is 2. The van der Waals surface area contributed by atoms with Gasteiger partial charge in [-0.15, -0.1) is 0 Å². The average Bonchev–Trinajstić information content (AvgIpc) is 3.14. The first-order chi connectivity index (χ1) is 13.1. The number of carbonyl (C=O) groups is 2. The Labute approximate surface area is 161 Å². The Balaban J connectivity index is 1.92. The maximum atomic E-state index is 12.7. The summed E-state index contributed by atoms with van der Waals surface area (Å²) in [6, 6.07) is 18.3. The summed E-state index contributed by atoms with van der Waals surface area (Å²) in [4.78, 5) is 23.9. The van der Waals surface area contributed by atoms with Crippen molar-refractivity contribution in [2.45, 2.75) is 6.42 Å². The fraction of sp³-hybridized carbons (Fsp3) is 0.150. The Morgan fingerprint density at radius 3 is 2.48 bits per heavy atom. The summed E-state index contributed by atoms with van der Waals surface area (Å²) < 4.78 is 6.16. The standard InChI is InChI=1S/C20H18ClN3O3/c1-27-19(25)11-12-22-20(26)18-13-17(14-7-9-15(21)10-8-14)23-24(18)16-5-3-2-4-6-16/h2-10,13H,11-12H2,1H3,(H,22,26). The van der Waals surface area contributed by atoms with Gasteiger partial charge in [0, 0.05) is 17.1 Å². The SMILES string of the molecule is COC(=O)CCNC(=O)c1cc(-c2ccc(Cl)cc2)nn1-c1ccccc1. The zero-order valence-corrected chi connectivity index (χ0v) is 15.4. The summed E-state index contributed by atoms with van der Waals surface area (Å²) in [7, 11) is 1.31. The molecule has 0 aliphatic rings. The van der Waals surface area contributed by atoms with E-state index in [1.807, 2.05) is 42.5 Å². The van der Waals surface area contributed by atoms with Crippen molar-refractivity contribution < 1.29 is 14.3 Å². The lowest BCUT2D eigenvalue weighted by molar-refractivity contribution is -0.140. The molecule has 7 heteroatoms. The van der Waals surface area contributed by atoms with Crippen LogP contribution in [0.15, 0.2) is 60.7 Å². The highest BCUT2D eigenvalue weighted by Gasteiger charge is 2.17. The van der Waals surface area contributed by atoms with E-state index in [-0.39, 0.29) is 24.8 Å². The maximum Gasteiger partial charge on any atom is 0.307 e. The van der Waals surface area contributed by atoms with Crippen molar-refractivity contribution in [1.29, 1.82) is 0 Å². The number of carbonyl (C=O) groups excluding carboxylic acids is 2. The van der Waals surface area contributed by atoms with Crippen molar-refractivity contribution in [2.24, 2.45) is 0 Å². The smallest absolute Gasteiger partial charge is 0.307 e. The molecule has 0 saturated carbocycles. The lowest BCUT2D eigenvalue weighted by Crippen LogP contribution is -2.28. The Hall–Kier alpha value is -3.12. The minimum Gasteiger partial charge on any atom is -0.469 e. The van der Waals surface area contributed by atoms with Crippen LogP contribution in [-0.2, 0) is 9.53 Å². The van der Waals surface area contributed by atoms with Crippen LogP contribution in [0.2, 0.25) is 5.02 Å². The predicted molar refractivity (Wildman–Crippen MR) is 103 cm³/mol. The van der Waals surface area contributed by atoms with Gasteiger partial charge in [-0.3, -0.25) is 9.59 Å². The lowest BCUT2D eigenvalue weighted by Gasteiger charge is -2.08. The zero-order valence-electron chi connectivity index (χ0n) is 14.7. The van der Waals surface area contributed by atoms with Gasteiger partial charge >= 0.3 is 5.97 Å². The first-order valence-electron chi connectivity index (χ1n) is 8.35. The van der Waals surface area contributed by atoms with Crippen LogP contribution >= 0.6 is 11.6 Å². The van der Waals surface area contributed by atoms with Crippen LogP contribution in [0.25, 0.3) is 16.9 Å². The predicted octanol–water partition coefficient (Wildman–Crippen LogP) is 3.49. The number of nitrogens with one attached hydrogen (secondary N) is 1. The number of para-hydroxylation sites is 1. The Morgan fingerprint density at radius 1 is 1.11 bits per heavy atom. The third-order valence-electron chi connectivity index (χ3n) is 3.93. The van der Waals surface area contributed by atoms with Crippen LogP contribution < -0.4 is 5.32 Å². The highest BCUT2D eigenvalue weighted by atomic mass is 35.5. The molecule has 0 bridgehead atoms. The molecule has 0 radical (unpaired) electrons. The number of ether oxygens (including phenoxy) is 1. The Bertz CT molecular complexity index is 937. The van der Waals surface area contributed by atoms with Gasteiger partial charge in [-0.2, -0.15) is 5.10 Å². The summed E-state index contributed by atoms with van der Waals surface area (Å²) in [6.45, 7) is 0.182. The molecular formula is C20H18ClN3O3. The van der Waals surface area contributed by atoms with Gasteiger partial charge < -0.3 is 10.1 Å². The number of hydrogen-bond donors (Lipinski definition) is 1. The summed E-state index contributed by atoms with van der Waals surface area (Å²) in [6.07, 6.45) is 0.103. The topological polar surface area (TPSA) is 73.2 Å². The molecule has 1 aromatic heterocycles. The lowest BCUT2D eigenvalue weighted by atomic mass is 10.1.